The lowest BCUT2D eigenvalue weighted by Gasteiger charge is -2.17. The highest BCUT2D eigenvalue weighted by Crippen LogP contribution is 2.34. The van der Waals surface area contributed by atoms with Gasteiger partial charge in [-0.25, -0.2) is 0 Å². The van der Waals surface area contributed by atoms with Crippen LogP contribution in [0.1, 0.15) is 15.9 Å². The Kier molecular flexibility index (Phi) is 3.81. The molecule has 0 amide bonds. The molecule has 0 unspecified atom stereocenters. The van der Waals surface area contributed by atoms with Gasteiger partial charge in [0, 0.05) is 24.2 Å². The van der Waals surface area contributed by atoms with Crippen LogP contribution in [0, 0.1) is 0 Å². The normalized spacial score (nSPS) is 12.1. The lowest BCUT2D eigenvalue weighted by Crippen LogP contribution is -2.20. The number of hydrogen-bond donors (Lipinski definition) is 0. The standard InChI is InChI=1S/C23H18N2O4/c1-28-15-10-14(11-16(12-15)29-2)13-25-18-7-4-3-6-17(18)22(26)20-21(25)19-8-5-9-24(19)23(20)27/h3-12H,13H2,1-2H3. The minimum atomic E-state index is -0.285. The van der Waals surface area contributed by atoms with Crippen LogP contribution < -0.4 is 14.9 Å². The Morgan fingerprint density at radius 1 is 0.897 bits per heavy atom. The van der Waals surface area contributed by atoms with Crippen molar-refractivity contribution in [1.82, 2.24) is 9.13 Å². The number of nitrogens with zero attached hydrogens (tertiary/aromatic N) is 2. The number of methoxy groups -OCH3 is 2. The van der Waals surface area contributed by atoms with E-state index < -0.39 is 0 Å². The topological polar surface area (TPSA) is 62.5 Å². The van der Waals surface area contributed by atoms with Gasteiger partial charge in [0.05, 0.1) is 31.1 Å². The highest BCUT2D eigenvalue weighted by Gasteiger charge is 2.32. The fourth-order valence-corrected chi connectivity index (χ4v) is 4.04. The third-order valence-electron chi connectivity index (χ3n) is 5.35. The largest absolute Gasteiger partial charge is 0.497 e. The molecule has 0 N–H and O–H groups in total. The van der Waals surface area contributed by atoms with E-state index in [1.54, 1.807) is 26.5 Å². The Morgan fingerprint density at radius 3 is 2.34 bits per heavy atom. The molecule has 0 radical (unpaired) electrons. The van der Waals surface area contributed by atoms with E-state index >= 15 is 0 Å². The Labute approximate surface area is 166 Å². The molecule has 144 valence electrons. The molecule has 2 aromatic heterocycles. The van der Waals surface area contributed by atoms with Crippen molar-refractivity contribution in [1.29, 1.82) is 0 Å². The van der Waals surface area contributed by atoms with Gasteiger partial charge in [0.2, 0.25) is 5.43 Å². The molecule has 0 saturated carbocycles. The molecule has 0 spiro atoms. The fraction of sp³-hybridized carbons (Fsp3) is 0.130. The average Bonchev–Trinajstić information content (AvgIpc) is 3.33. The molecular weight excluding hydrogens is 368 g/mol. The predicted octanol–water partition coefficient (Wildman–Crippen LogP) is 3.54. The van der Waals surface area contributed by atoms with Crippen LogP contribution in [0.2, 0.25) is 0 Å². The average molecular weight is 386 g/mol. The van der Waals surface area contributed by atoms with Crippen LogP contribution in [-0.4, -0.2) is 29.3 Å². The summed E-state index contributed by atoms with van der Waals surface area (Å²) in [7, 11) is 3.22. The second kappa shape index (κ2) is 6.38. The van der Waals surface area contributed by atoms with Gasteiger partial charge < -0.3 is 14.0 Å². The van der Waals surface area contributed by atoms with E-state index in [1.807, 2.05) is 53.1 Å². The van der Waals surface area contributed by atoms with E-state index in [4.69, 9.17) is 9.47 Å². The first-order chi connectivity index (χ1) is 14.1. The smallest absolute Gasteiger partial charge is 0.268 e. The van der Waals surface area contributed by atoms with Gasteiger partial charge >= 0.3 is 0 Å². The van der Waals surface area contributed by atoms with Crippen LogP contribution in [-0.2, 0) is 6.54 Å². The van der Waals surface area contributed by atoms with E-state index in [9.17, 15) is 9.59 Å². The number of fused-ring (bicyclic) bond motifs is 4. The van der Waals surface area contributed by atoms with E-state index in [0.717, 1.165) is 16.8 Å². The van der Waals surface area contributed by atoms with Crippen molar-refractivity contribution in [2.75, 3.05) is 14.2 Å². The minimum Gasteiger partial charge on any atom is -0.497 e. The molecule has 5 rings (SSSR count). The molecule has 2 aromatic carbocycles. The van der Waals surface area contributed by atoms with Gasteiger partial charge in [0.25, 0.3) is 5.91 Å². The van der Waals surface area contributed by atoms with Crippen LogP contribution in [0.25, 0.3) is 22.3 Å². The molecule has 1 aliphatic heterocycles. The summed E-state index contributed by atoms with van der Waals surface area (Å²) in [5.74, 6) is 1.08. The van der Waals surface area contributed by atoms with E-state index in [-0.39, 0.29) is 16.9 Å². The predicted molar refractivity (Wildman–Crippen MR) is 110 cm³/mol. The third-order valence-corrected chi connectivity index (χ3v) is 5.35. The van der Waals surface area contributed by atoms with E-state index in [2.05, 4.69) is 0 Å². The molecule has 3 heterocycles. The summed E-state index contributed by atoms with van der Waals surface area (Å²) in [6.45, 7) is 0.454. The molecular formula is C23H18N2O4. The number of hydrogen-bond acceptors (Lipinski definition) is 4. The van der Waals surface area contributed by atoms with Crippen LogP contribution in [0.15, 0.2) is 65.6 Å². The summed E-state index contributed by atoms with van der Waals surface area (Å²) < 4.78 is 14.4. The molecule has 0 atom stereocenters. The molecule has 0 saturated heterocycles. The van der Waals surface area contributed by atoms with Gasteiger partial charge in [-0.15, -0.1) is 0 Å². The Morgan fingerprint density at radius 2 is 1.62 bits per heavy atom. The van der Waals surface area contributed by atoms with Crippen molar-refractivity contribution >= 4 is 16.8 Å². The lowest BCUT2D eigenvalue weighted by molar-refractivity contribution is 0.0968. The van der Waals surface area contributed by atoms with Gasteiger partial charge in [-0.3, -0.25) is 14.2 Å². The number of rotatable bonds is 4. The third kappa shape index (κ3) is 2.49. The maximum atomic E-state index is 13.1. The molecule has 6 nitrogen and oxygen atoms in total. The molecule has 0 fully saturated rings. The Hall–Kier alpha value is -3.80. The number of aromatic nitrogens is 2. The zero-order chi connectivity index (χ0) is 20.1. The van der Waals surface area contributed by atoms with Crippen molar-refractivity contribution < 1.29 is 14.3 Å². The summed E-state index contributed by atoms with van der Waals surface area (Å²) in [5.41, 5.74) is 3.07. The Bertz CT molecular complexity index is 1320. The maximum absolute atomic E-state index is 13.1. The monoisotopic (exact) mass is 386 g/mol. The Balaban J connectivity index is 1.82. The molecule has 0 aliphatic carbocycles. The van der Waals surface area contributed by atoms with Crippen molar-refractivity contribution in [3.05, 3.63) is 82.1 Å². The van der Waals surface area contributed by atoms with Crippen molar-refractivity contribution in [3.63, 3.8) is 0 Å². The van der Waals surface area contributed by atoms with Crippen molar-refractivity contribution in [2.45, 2.75) is 6.54 Å². The summed E-state index contributed by atoms with van der Waals surface area (Å²) in [6.07, 6.45) is 1.70. The zero-order valence-corrected chi connectivity index (χ0v) is 16.0. The summed E-state index contributed by atoms with van der Waals surface area (Å²) in [6, 6.07) is 16.7. The number of carbonyl (C=O) groups is 1. The molecule has 1 aliphatic rings. The number of carbonyl (C=O) groups excluding carboxylic acids is 1. The summed E-state index contributed by atoms with van der Waals surface area (Å²) in [4.78, 5) is 26.0. The van der Waals surface area contributed by atoms with Gasteiger partial charge in [0.1, 0.15) is 17.1 Å². The zero-order valence-electron chi connectivity index (χ0n) is 16.0. The van der Waals surface area contributed by atoms with Crippen LogP contribution in [0.3, 0.4) is 0 Å². The number of pyridine rings is 1. The molecule has 4 aromatic rings. The van der Waals surface area contributed by atoms with Crippen molar-refractivity contribution in [2.24, 2.45) is 0 Å². The van der Waals surface area contributed by atoms with Crippen LogP contribution in [0.5, 0.6) is 11.5 Å². The fourth-order valence-electron chi connectivity index (χ4n) is 4.04. The van der Waals surface area contributed by atoms with Crippen LogP contribution >= 0.6 is 0 Å². The molecule has 0 bridgehead atoms. The number of ether oxygens (including phenoxy) is 2. The number of benzene rings is 2. The van der Waals surface area contributed by atoms with Gasteiger partial charge in [-0.05, 0) is 42.0 Å². The van der Waals surface area contributed by atoms with Crippen LogP contribution in [0.4, 0.5) is 0 Å². The summed E-state index contributed by atoms with van der Waals surface area (Å²) in [5, 5.41) is 0.528. The second-order valence-corrected chi connectivity index (χ2v) is 6.95. The highest BCUT2D eigenvalue weighted by molar-refractivity contribution is 6.10. The first-order valence-corrected chi connectivity index (χ1v) is 9.22. The van der Waals surface area contributed by atoms with Gasteiger partial charge in [-0.2, -0.15) is 0 Å². The first kappa shape index (κ1) is 17.3. The minimum absolute atomic E-state index is 0.217. The molecule has 29 heavy (non-hydrogen) atoms. The second-order valence-electron chi connectivity index (χ2n) is 6.95. The van der Waals surface area contributed by atoms with E-state index in [1.165, 1.54) is 4.57 Å². The lowest BCUT2D eigenvalue weighted by atomic mass is 10.1. The first-order valence-electron chi connectivity index (χ1n) is 9.22. The van der Waals surface area contributed by atoms with E-state index in [0.29, 0.717) is 29.1 Å². The highest BCUT2D eigenvalue weighted by atomic mass is 16.5. The van der Waals surface area contributed by atoms with Gasteiger partial charge in [0.15, 0.2) is 0 Å². The van der Waals surface area contributed by atoms with Gasteiger partial charge in [-0.1, -0.05) is 12.1 Å². The summed E-state index contributed by atoms with van der Waals surface area (Å²) >= 11 is 0. The SMILES string of the molecule is COc1cc(Cn2c3c(c(=O)c4ccccc42)C(=O)n2cccc2-3)cc(OC)c1. The van der Waals surface area contributed by atoms with Crippen molar-refractivity contribution in [3.8, 4) is 22.9 Å². The molecule has 6 heteroatoms. The number of para-hydroxylation sites is 1. The maximum Gasteiger partial charge on any atom is 0.268 e. The quantitative estimate of drug-likeness (QED) is 0.474.